The lowest BCUT2D eigenvalue weighted by atomic mass is 9.98. The first kappa shape index (κ1) is 18.6. The molecule has 0 amide bonds. The van der Waals surface area contributed by atoms with Crippen LogP contribution in [0.5, 0.6) is 0 Å². The van der Waals surface area contributed by atoms with E-state index in [0.717, 1.165) is 26.4 Å². The zero-order valence-corrected chi connectivity index (χ0v) is 28.2. The molecule has 0 saturated carbocycles. The van der Waals surface area contributed by atoms with Gasteiger partial charge in [0.25, 0.3) is 0 Å². The lowest BCUT2D eigenvalue weighted by Crippen LogP contribution is -2.11. The van der Waals surface area contributed by atoms with Gasteiger partial charge in [0.2, 0.25) is 0 Å². The molecule has 0 bridgehead atoms. The molecule has 10 rings (SSSR count). The summed E-state index contributed by atoms with van der Waals surface area (Å²) in [6, 6.07) is 19.5. The molecule has 0 aliphatic heterocycles. The minimum Gasteiger partial charge on any atom is -0.455 e. The van der Waals surface area contributed by atoms with E-state index in [9.17, 15) is 11.0 Å². The largest absolute Gasteiger partial charge is 0.455 e. The predicted molar refractivity (Wildman–Crippen MR) is 228 cm³/mol. The number of benzene rings is 9. The van der Waals surface area contributed by atoms with Crippen LogP contribution in [0.1, 0.15) is 23.3 Å². The van der Waals surface area contributed by atoms with Crippen LogP contribution in [-0.4, -0.2) is 0 Å². The van der Waals surface area contributed by atoms with Crippen LogP contribution in [0.3, 0.4) is 0 Å². The summed E-state index contributed by atoms with van der Waals surface area (Å²) in [4.78, 5) is 1.15. The molecule has 10 aromatic rings. The Labute approximate surface area is 338 Å². The van der Waals surface area contributed by atoms with E-state index < -0.39 is 136 Å². The maximum Gasteiger partial charge on any atom is 0.143 e. The molecule has 254 valence electrons. The van der Waals surface area contributed by atoms with Gasteiger partial charge in [0, 0.05) is 33.1 Å². The highest BCUT2D eigenvalue weighted by molar-refractivity contribution is 6.15. The van der Waals surface area contributed by atoms with E-state index in [0.29, 0.717) is 27.9 Å². The Balaban J connectivity index is 1.24. The van der Waals surface area contributed by atoms with Gasteiger partial charge < -0.3 is 9.32 Å². The Hall–Kier alpha value is -7.16. The number of nitrogens with zero attached hydrogens (tertiary/aromatic N) is 1. The maximum atomic E-state index is 9.66. The quantitative estimate of drug-likeness (QED) is 0.164. The van der Waals surface area contributed by atoms with Crippen LogP contribution in [0.15, 0.2) is 216 Å². The van der Waals surface area contributed by atoms with Gasteiger partial charge in [-0.1, -0.05) is 163 Å². The highest BCUT2D eigenvalue weighted by Gasteiger charge is 2.19. The van der Waals surface area contributed by atoms with Gasteiger partial charge in [-0.05, 0) is 92.8 Å². The van der Waals surface area contributed by atoms with Crippen LogP contribution in [0, 0.1) is 0 Å². The van der Waals surface area contributed by atoms with E-state index in [1.807, 2.05) is 42.5 Å². The van der Waals surface area contributed by atoms with Gasteiger partial charge >= 0.3 is 0 Å². The van der Waals surface area contributed by atoms with Gasteiger partial charge in [-0.15, -0.1) is 0 Å². The van der Waals surface area contributed by atoms with Crippen molar-refractivity contribution in [1.29, 1.82) is 0 Å². The lowest BCUT2D eigenvalue weighted by molar-refractivity contribution is 0.672. The molecule has 0 N–H and O–H groups in total. The second-order valence-electron chi connectivity index (χ2n) is 12.4. The fraction of sp³-hybridized carbons (Fsp3) is 0. The van der Waals surface area contributed by atoms with Crippen molar-refractivity contribution in [1.82, 2.24) is 0 Å². The van der Waals surface area contributed by atoms with Crippen LogP contribution in [0.2, 0.25) is 0 Å². The zero-order chi connectivity index (χ0) is 50.6. The van der Waals surface area contributed by atoms with Crippen molar-refractivity contribution < 1.29 is 27.7 Å². The third-order valence-corrected chi connectivity index (χ3v) is 9.18. The highest BCUT2D eigenvalue weighted by Crippen LogP contribution is 2.43. The number of fused-ring (bicyclic) bond motifs is 5. The van der Waals surface area contributed by atoms with Crippen molar-refractivity contribution in [3.63, 3.8) is 0 Å². The van der Waals surface area contributed by atoms with E-state index in [1.165, 1.54) is 0 Å². The molecule has 0 unspecified atom stereocenters. The predicted octanol–water partition coefficient (Wildman–Crippen LogP) is 14.9. The molecule has 9 aromatic carbocycles. The first-order valence-electron chi connectivity index (χ1n) is 25.5. The molecule has 54 heavy (non-hydrogen) atoms. The number of anilines is 3. The number of furan rings is 1. The summed E-state index contributed by atoms with van der Waals surface area (Å²) in [6.45, 7) is 0. The molecular weight excluding hydrogens is 655 g/mol. The summed E-state index contributed by atoms with van der Waals surface area (Å²) in [5.41, 5.74) is -0.791. The molecule has 1 heterocycles. The Kier molecular flexibility index (Phi) is 4.61. The van der Waals surface area contributed by atoms with Gasteiger partial charge in [0.1, 0.15) is 11.2 Å². The normalized spacial score (nSPS) is 15.7. The Morgan fingerprint density at radius 1 is 0.389 bits per heavy atom. The van der Waals surface area contributed by atoms with Crippen LogP contribution in [0.4, 0.5) is 17.1 Å². The van der Waals surface area contributed by atoms with Gasteiger partial charge in [-0.3, -0.25) is 0 Å². The van der Waals surface area contributed by atoms with Crippen LogP contribution in [-0.2, 0) is 0 Å². The summed E-state index contributed by atoms with van der Waals surface area (Å²) in [6.07, 6.45) is 0. The van der Waals surface area contributed by atoms with Crippen LogP contribution in [0.25, 0.3) is 77.2 Å². The van der Waals surface area contributed by atoms with Gasteiger partial charge in [-0.25, -0.2) is 0 Å². The molecule has 0 atom stereocenters. The van der Waals surface area contributed by atoms with Crippen molar-refractivity contribution in [2.45, 2.75) is 0 Å². The average Bonchev–Trinajstić information content (AvgIpc) is 3.76. The van der Waals surface area contributed by atoms with Crippen LogP contribution < -0.4 is 4.90 Å². The second kappa shape index (κ2) is 13.4. The maximum absolute atomic E-state index is 9.66. The second-order valence-corrected chi connectivity index (χ2v) is 12.4. The fourth-order valence-corrected chi connectivity index (χ4v) is 6.58. The molecule has 0 fully saturated rings. The first-order valence-corrected chi connectivity index (χ1v) is 17.0. The first-order chi connectivity index (χ1) is 33.9. The third kappa shape index (κ3) is 5.71. The SMILES string of the molecule is [2H]c1c([2H])c([2H])c(-c2c([2H])c([2H])c(-c3c([2H])c([2H])c(N(c4ccccc4-c4ccc5oc6c7ccccc7ccc6c5c4)c4c([2H])c([2H])c(-c5ccccc5)c([2H])c4[2H])c([2H])c3[2H])c([2H])c2[2H])c([2H])c1[2H]. The minimum atomic E-state index is -0.880. The topological polar surface area (TPSA) is 16.4 Å². The molecule has 0 radical (unpaired) electrons. The molecular formula is C52H35NO. The number of hydrogen-bond acceptors (Lipinski definition) is 2. The standard InChI is InChI=1S/C52H35NO/c1-3-11-36(12-4-1)38-19-21-39(22-20-38)41-25-31-45(32-26-41)53(44-29-23-40(24-30-44)37-13-5-2-6-14-37)50-18-10-9-16-46(50)43-28-34-51-49(35-43)48-33-27-42-15-7-8-17-47(42)52(48)54-51/h1-35H/i1D,3D,4D,11D,12D,19D,20D,21D,22D,23D,24D,25D,26D,29D,30D,31D,32D. The van der Waals surface area contributed by atoms with Crippen molar-refractivity contribution >= 4 is 49.8 Å². The van der Waals surface area contributed by atoms with E-state index in [1.54, 1.807) is 66.7 Å². The molecule has 0 spiro atoms. The fourth-order valence-electron chi connectivity index (χ4n) is 6.58. The molecule has 0 aliphatic rings. The number of rotatable bonds is 7. The summed E-state index contributed by atoms with van der Waals surface area (Å²) < 4.78 is 160. The van der Waals surface area contributed by atoms with Crippen molar-refractivity contribution in [3.8, 4) is 44.5 Å². The smallest absolute Gasteiger partial charge is 0.143 e. The Morgan fingerprint density at radius 3 is 1.67 bits per heavy atom. The van der Waals surface area contributed by atoms with Crippen LogP contribution >= 0.6 is 0 Å². The monoisotopic (exact) mass is 706 g/mol. The number of para-hydroxylation sites is 1. The third-order valence-electron chi connectivity index (χ3n) is 9.18. The summed E-state index contributed by atoms with van der Waals surface area (Å²) in [5.74, 6) is 0. The molecule has 0 saturated heterocycles. The summed E-state index contributed by atoms with van der Waals surface area (Å²) in [5, 5.41) is 3.44. The van der Waals surface area contributed by atoms with E-state index in [4.69, 9.17) is 16.8 Å². The van der Waals surface area contributed by atoms with E-state index in [-0.39, 0.29) is 11.3 Å². The molecule has 2 nitrogen and oxygen atoms in total. The van der Waals surface area contributed by atoms with Crippen molar-refractivity contribution in [2.75, 3.05) is 4.90 Å². The minimum absolute atomic E-state index is 0.0206. The van der Waals surface area contributed by atoms with Crippen molar-refractivity contribution in [3.05, 3.63) is 212 Å². The van der Waals surface area contributed by atoms with Gasteiger partial charge in [-0.2, -0.15) is 0 Å². The molecule has 2 heteroatoms. The van der Waals surface area contributed by atoms with Crippen molar-refractivity contribution in [2.24, 2.45) is 0 Å². The zero-order valence-electron chi connectivity index (χ0n) is 45.2. The number of hydrogen-bond donors (Lipinski definition) is 0. The highest BCUT2D eigenvalue weighted by atomic mass is 16.3. The summed E-state index contributed by atoms with van der Waals surface area (Å²) in [7, 11) is 0. The summed E-state index contributed by atoms with van der Waals surface area (Å²) >= 11 is 0. The van der Waals surface area contributed by atoms with E-state index in [2.05, 4.69) is 0 Å². The average molecular weight is 707 g/mol. The Bertz CT molecular complexity index is 3810. The van der Waals surface area contributed by atoms with Gasteiger partial charge in [0.05, 0.1) is 29.0 Å². The molecule has 1 aromatic heterocycles. The molecule has 0 aliphatic carbocycles. The lowest BCUT2D eigenvalue weighted by Gasteiger charge is -2.28. The Morgan fingerprint density at radius 2 is 0.963 bits per heavy atom. The van der Waals surface area contributed by atoms with Gasteiger partial charge in [0.15, 0.2) is 0 Å². The van der Waals surface area contributed by atoms with E-state index >= 15 is 0 Å².